The third-order valence-corrected chi connectivity index (χ3v) is 3.71. The van der Waals surface area contributed by atoms with Gasteiger partial charge < -0.3 is 16.2 Å². The Morgan fingerprint density at radius 3 is 2.59 bits per heavy atom. The summed E-state index contributed by atoms with van der Waals surface area (Å²) in [6.45, 7) is 3.97. The van der Waals surface area contributed by atoms with Crippen molar-refractivity contribution in [3.05, 3.63) is 52.9 Å². The molecule has 5 nitrogen and oxygen atoms in total. The Morgan fingerprint density at radius 1 is 1.36 bits per heavy atom. The monoisotopic (exact) mass is 296 g/mol. The lowest BCUT2D eigenvalue weighted by Crippen LogP contribution is -2.27. The third kappa shape index (κ3) is 2.56. The van der Waals surface area contributed by atoms with Crippen LogP contribution in [0.2, 0.25) is 0 Å². The summed E-state index contributed by atoms with van der Waals surface area (Å²) in [5, 5.41) is 9.68. The molecule has 5 heteroatoms. The second kappa shape index (κ2) is 6.35. The number of ether oxygens (including phenoxy) is 1. The van der Waals surface area contributed by atoms with Crippen LogP contribution in [0.15, 0.2) is 52.3 Å². The summed E-state index contributed by atoms with van der Waals surface area (Å²) in [4.78, 5) is 4.38. The zero-order valence-corrected chi connectivity index (χ0v) is 13.0. The third-order valence-electron chi connectivity index (χ3n) is 3.71. The van der Waals surface area contributed by atoms with E-state index in [-0.39, 0.29) is 11.8 Å². The van der Waals surface area contributed by atoms with Gasteiger partial charge in [0.15, 0.2) is 0 Å². The lowest BCUT2D eigenvalue weighted by atomic mass is 9.80. The summed E-state index contributed by atoms with van der Waals surface area (Å²) >= 11 is 0. The fourth-order valence-corrected chi connectivity index (χ4v) is 2.68. The first-order valence-electron chi connectivity index (χ1n) is 7.08. The number of hydrogen-bond acceptors (Lipinski definition) is 5. The molecule has 0 saturated carbocycles. The summed E-state index contributed by atoms with van der Waals surface area (Å²) in [5.74, 6) is 0.768. The number of amidine groups is 1. The average molecular weight is 296 g/mol. The SMILES string of the molecule is COc1ccccc1C1C(C#N)=C(C(C)C)N=C(N)/C1=C\N. The molecular weight excluding hydrogens is 276 g/mol. The van der Waals surface area contributed by atoms with E-state index < -0.39 is 0 Å². The molecule has 0 bridgehead atoms. The number of benzene rings is 1. The standard InChI is InChI=1S/C17H20N4O/c1-10(2)16-12(8-18)15(13(9-19)17(20)21-16)11-6-4-5-7-14(11)22-3/h4-7,9-10,15H,19H2,1-3H3,(H2,20,21)/b13-9-. The molecule has 1 aliphatic heterocycles. The van der Waals surface area contributed by atoms with Crippen LogP contribution in [-0.4, -0.2) is 12.9 Å². The van der Waals surface area contributed by atoms with E-state index in [9.17, 15) is 5.26 Å². The number of rotatable bonds is 3. The van der Waals surface area contributed by atoms with Crippen molar-refractivity contribution >= 4 is 5.84 Å². The van der Waals surface area contributed by atoms with Crippen LogP contribution in [0.3, 0.4) is 0 Å². The van der Waals surface area contributed by atoms with Crippen LogP contribution < -0.4 is 16.2 Å². The Hall–Kier alpha value is -2.74. The number of aliphatic imine (C=N–C) groups is 1. The first-order valence-corrected chi connectivity index (χ1v) is 7.08. The smallest absolute Gasteiger partial charge is 0.129 e. The van der Waals surface area contributed by atoms with E-state index in [0.29, 0.717) is 28.4 Å². The van der Waals surface area contributed by atoms with Gasteiger partial charge in [0.1, 0.15) is 11.6 Å². The summed E-state index contributed by atoms with van der Waals surface area (Å²) in [6.07, 6.45) is 1.42. The Bertz CT molecular complexity index is 708. The van der Waals surface area contributed by atoms with Gasteiger partial charge in [0.25, 0.3) is 0 Å². The molecule has 0 radical (unpaired) electrons. The zero-order valence-electron chi connectivity index (χ0n) is 13.0. The molecular formula is C17H20N4O. The summed E-state index contributed by atoms with van der Waals surface area (Å²) in [5.41, 5.74) is 14.6. The van der Waals surface area contributed by atoms with Crippen LogP contribution in [-0.2, 0) is 0 Å². The normalized spacial score (nSPS) is 20.0. The minimum absolute atomic E-state index is 0.0877. The summed E-state index contributed by atoms with van der Waals surface area (Å²) in [7, 11) is 1.60. The second-order valence-corrected chi connectivity index (χ2v) is 5.36. The molecule has 4 N–H and O–H groups in total. The largest absolute Gasteiger partial charge is 0.496 e. The van der Waals surface area contributed by atoms with Crippen molar-refractivity contribution in [1.82, 2.24) is 0 Å². The van der Waals surface area contributed by atoms with Crippen molar-refractivity contribution in [1.29, 1.82) is 5.26 Å². The van der Waals surface area contributed by atoms with Crippen LogP contribution in [0.25, 0.3) is 0 Å². The van der Waals surface area contributed by atoms with Gasteiger partial charge >= 0.3 is 0 Å². The van der Waals surface area contributed by atoms with Gasteiger partial charge in [-0.1, -0.05) is 32.0 Å². The molecule has 0 fully saturated rings. The number of nitrogens with zero attached hydrogens (tertiary/aromatic N) is 2. The van der Waals surface area contributed by atoms with Gasteiger partial charge in [-0.15, -0.1) is 0 Å². The van der Waals surface area contributed by atoms with E-state index in [1.54, 1.807) is 7.11 Å². The van der Waals surface area contributed by atoms with Crippen molar-refractivity contribution in [3.8, 4) is 11.8 Å². The zero-order chi connectivity index (χ0) is 16.3. The van der Waals surface area contributed by atoms with E-state index in [1.165, 1.54) is 6.20 Å². The van der Waals surface area contributed by atoms with Crippen LogP contribution in [0.1, 0.15) is 25.3 Å². The molecule has 1 unspecified atom stereocenters. The number of nitrogens with two attached hydrogens (primary N) is 2. The first kappa shape index (κ1) is 15.6. The minimum atomic E-state index is -0.360. The molecule has 0 spiro atoms. The maximum atomic E-state index is 9.68. The van der Waals surface area contributed by atoms with Crippen molar-refractivity contribution in [2.75, 3.05) is 7.11 Å². The predicted molar refractivity (Wildman–Crippen MR) is 87.1 cm³/mol. The topological polar surface area (TPSA) is 97.4 Å². The average Bonchev–Trinajstić information content (AvgIpc) is 2.53. The molecule has 114 valence electrons. The molecule has 0 saturated heterocycles. The molecule has 1 aliphatic rings. The van der Waals surface area contributed by atoms with E-state index >= 15 is 0 Å². The molecule has 1 aromatic carbocycles. The quantitative estimate of drug-likeness (QED) is 0.895. The number of nitriles is 1. The number of methoxy groups -OCH3 is 1. The highest BCUT2D eigenvalue weighted by molar-refractivity contribution is 6.01. The molecule has 22 heavy (non-hydrogen) atoms. The Morgan fingerprint density at radius 2 is 2.05 bits per heavy atom. The van der Waals surface area contributed by atoms with Crippen LogP contribution in [0.4, 0.5) is 0 Å². The Balaban J connectivity index is 2.75. The summed E-state index contributed by atoms with van der Waals surface area (Å²) < 4.78 is 5.43. The second-order valence-electron chi connectivity index (χ2n) is 5.36. The molecule has 0 aliphatic carbocycles. The maximum Gasteiger partial charge on any atom is 0.129 e. The fourth-order valence-electron chi connectivity index (χ4n) is 2.68. The highest BCUT2D eigenvalue weighted by atomic mass is 16.5. The van der Waals surface area contributed by atoms with Crippen LogP contribution in [0, 0.1) is 17.2 Å². The highest BCUT2D eigenvalue weighted by Gasteiger charge is 2.33. The Kier molecular flexibility index (Phi) is 4.52. The Labute approximate surface area is 130 Å². The molecule has 1 aromatic rings. The molecule has 0 amide bonds. The van der Waals surface area contributed by atoms with E-state index in [4.69, 9.17) is 16.2 Å². The van der Waals surface area contributed by atoms with Gasteiger partial charge in [-0.2, -0.15) is 5.26 Å². The van der Waals surface area contributed by atoms with Gasteiger partial charge in [0, 0.05) is 17.3 Å². The van der Waals surface area contributed by atoms with E-state index in [0.717, 1.165) is 5.56 Å². The molecule has 2 rings (SSSR count). The predicted octanol–water partition coefficient (Wildman–Crippen LogP) is 2.43. The van der Waals surface area contributed by atoms with Gasteiger partial charge in [0.05, 0.1) is 30.4 Å². The van der Waals surface area contributed by atoms with E-state index in [2.05, 4.69) is 11.1 Å². The molecule has 1 atom stereocenters. The van der Waals surface area contributed by atoms with E-state index in [1.807, 2.05) is 38.1 Å². The highest BCUT2D eigenvalue weighted by Crippen LogP contribution is 2.42. The van der Waals surface area contributed by atoms with Gasteiger partial charge in [-0.25, -0.2) is 4.99 Å². The number of hydrogen-bond donors (Lipinski definition) is 2. The molecule has 0 aromatic heterocycles. The van der Waals surface area contributed by atoms with Crippen LogP contribution >= 0.6 is 0 Å². The van der Waals surface area contributed by atoms with Gasteiger partial charge in [-0.3, -0.25) is 0 Å². The number of para-hydroxylation sites is 1. The van der Waals surface area contributed by atoms with Crippen molar-refractivity contribution in [3.63, 3.8) is 0 Å². The van der Waals surface area contributed by atoms with Crippen LogP contribution in [0.5, 0.6) is 5.75 Å². The minimum Gasteiger partial charge on any atom is -0.496 e. The maximum absolute atomic E-state index is 9.68. The van der Waals surface area contributed by atoms with Gasteiger partial charge in [0.2, 0.25) is 0 Å². The number of allylic oxidation sites excluding steroid dienone is 2. The fraction of sp³-hybridized carbons (Fsp3) is 0.294. The lowest BCUT2D eigenvalue weighted by molar-refractivity contribution is 0.409. The lowest BCUT2D eigenvalue weighted by Gasteiger charge is -2.28. The van der Waals surface area contributed by atoms with Crippen molar-refractivity contribution in [2.24, 2.45) is 22.4 Å². The molecule has 1 heterocycles. The summed E-state index contributed by atoms with van der Waals surface area (Å²) in [6, 6.07) is 9.84. The first-order chi connectivity index (χ1) is 10.5. The van der Waals surface area contributed by atoms with Crippen molar-refractivity contribution in [2.45, 2.75) is 19.8 Å². The van der Waals surface area contributed by atoms with Gasteiger partial charge in [-0.05, 0) is 12.0 Å². The van der Waals surface area contributed by atoms with Crippen molar-refractivity contribution < 1.29 is 4.74 Å².